The molecule has 8 heteroatoms. The Hall–Kier alpha value is -1.77. The molecule has 2 aromatic heterocycles. The molecule has 2 atom stereocenters. The molecule has 3 rings (SSSR count). The van der Waals surface area contributed by atoms with Gasteiger partial charge in [-0.2, -0.15) is 10.1 Å². The van der Waals surface area contributed by atoms with E-state index in [0.717, 1.165) is 18.7 Å². The summed E-state index contributed by atoms with van der Waals surface area (Å²) in [6.45, 7) is 2.33. The highest BCUT2D eigenvalue weighted by molar-refractivity contribution is 5.17. The zero-order valence-corrected chi connectivity index (χ0v) is 11.6. The minimum Gasteiger partial charge on any atom is -0.367 e. The highest BCUT2D eigenvalue weighted by Gasteiger charge is 2.26. The lowest BCUT2D eigenvalue weighted by Crippen LogP contribution is -2.35. The molecular weight excluding hydrogens is 260 g/mol. The Bertz CT molecular complexity index is 580. The number of likely N-dealkylation sites (N-methyl/N-ethyl adjacent to an activating group) is 1. The molecule has 0 spiro atoms. The first-order valence-electron chi connectivity index (χ1n) is 6.51. The van der Waals surface area contributed by atoms with Gasteiger partial charge in [-0.3, -0.25) is 4.68 Å². The van der Waals surface area contributed by atoms with E-state index in [4.69, 9.17) is 15.0 Å². The summed E-state index contributed by atoms with van der Waals surface area (Å²) in [5, 5.41) is 8.07. The molecule has 0 saturated carbocycles. The van der Waals surface area contributed by atoms with Crippen LogP contribution in [0.15, 0.2) is 16.9 Å². The van der Waals surface area contributed by atoms with Gasteiger partial charge in [-0.1, -0.05) is 5.16 Å². The highest BCUT2D eigenvalue weighted by atomic mass is 16.5. The molecule has 0 aromatic carbocycles. The maximum Gasteiger partial charge on any atom is 0.248 e. The van der Waals surface area contributed by atoms with E-state index in [9.17, 15) is 0 Å². The quantitative estimate of drug-likeness (QED) is 0.834. The monoisotopic (exact) mass is 278 g/mol. The van der Waals surface area contributed by atoms with Crippen molar-refractivity contribution in [1.82, 2.24) is 24.8 Å². The average Bonchev–Trinajstić information content (AvgIpc) is 3.07. The van der Waals surface area contributed by atoms with Crippen LogP contribution >= 0.6 is 0 Å². The van der Waals surface area contributed by atoms with Crippen molar-refractivity contribution < 1.29 is 9.26 Å². The summed E-state index contributed by atoms with van der Waals surface area (Å²) in [5.41, 5.74) is 6.94. The number of ether oxygens (including phenoxy) is 1. The molecule has 8 nitrogen and oxygen atoms in total. The van der Waals surface area contributed by atoms with E-state index in [2.05, 4.69) is 20.1 Å². The Morgan fingerprint density at radius 2 is 2.30 bits per heavy atom. The molecule has 2 aromatic rings. The summed E-state index contributed by atoms with van der Waals surface area (Å²) >= 11 is 0. The first-order valence-corrected chi connectivity index (χ1v) is 6.51. The standard InChI is InChI=1S/C12H18N6O2/c1-17-3-4-19-9(7-17)11-15-12(20-16-11)10(13)8-5-14-18(2)6-8/h5-6,9-10H,3-4,7,13H2,1-2H3. The van der Waals surface area contributed by atoms with E-state index in [-0.39, 0.29) is 6.10 Å². The number of nitrogens with zero attached hydrogens (tertiary/aromatic N) is 5. The van der Waals surface area contributed by atoms with Crippen molar-refractivity contribution in [3.8, 4) is 0 Å². The zero-order valence-electron chi connectivity index (χ0n) is 11.6. The van der Waals surface area contributed by atoms with Crippen molar-refractivity contribution in [3.05, 3.63) is 29.7 Å². The van der Waals surface area contributed by atoms with Gasteiger partial charge in [0.2, 0.25) is 11.7 Å². The Morgan fingerprint density at radius 1 is 1.45 bits per heavy atom. The first-order chi connectivity index (χ1) is 9.63. The fourth-order valence-corrected chi connectivity index (χ4v) is 2.18. The maximum atomic E-state index is 6.10. The van der Waals surface area contributed by atoms with E-state index in [0.29, 0.717) is 18.3 Å². The second-order valence-electron chi connectivity index (χ2n) is 5.04. The number of hydrogen-bond donors (Lipinski definition) is 1. The lowest BCUT2D eigenvalue weighted by molar-refractivity contribution is -0.0264. The van der Waals surface area contributed by atoms with Crippen LogP contribution in [0, 0.1) is 0 Å². The van der Waals surface area contributed by atoms with Crippen LogP contribution in [0.5, 0.6) is 0 Å². The van der Waals surface area contributed by atoms with E-state index >= 15 is 0 Å². The van der Waals surface area contributed by atoms with Gasteiger partial charge in [-0.25, -0.2) is 0 Å². The van der Waals surface area contributed by atoms with Crippen molar-refractivity contribution in [2.75, 3.05) is 26.7 Å². The maximum absolute atomic E-state index is 6.10. The number of aryl methyl sites for hydroxylation is 1. The van der Waals surface area contributed by atoms with Crippen LogP contribution in [0.1, 0.15) is 29.4 Å². The van der Waals surface area contributed by atoms with E-state index < -0.39 is 6.04 Å². The molecule has 0 amide bonds. The predicted molar refractivity (Wildman–Crippen MR) is 69.7 cm³/mol. The summed E-state index contributed by atoms with van der Waals surface area (Å²) in [7, 11) is 3.87. The minimum atomic E-state index is -0.466. The van der Waals surface area contributed by atoms with Gasteiger partial charge >= 0.3 is 0 Å². The van der Waals surface area contributed by atoms with Gasteiger partial charge in [0.25, 0.3) is 0 Å². The first kappa shape index (κ1) is 13.2. The van der Waals surface area contributed by atoms with Crippen molar-refractivity contribution in [1.29, 1.82) is 0 Å². The van der Waals surface area contributed by atoms with Crippen molar-refractivity contribution in [2.24, 2.45) is 12.8 Å². The van der Waals surface area contributed by atoms with Crippen LogP contribution in [0.3, 0.4) is 0 Å². The molecule has 2 N–H and O–H groups in total. The molecule has 1 fully saturated rings. The van der Waals surface area contributed by atoms with Crippen LogP contribution in [0.4, 0.5) is 0 Å². The fraction of sp³-hybridized carbons (Fsp3) is 0.583. The van der Waals surface area contributed by atoms with Crippen LogP contribution in [-0.4, -0.2) is 51.6 Å². The van der Waals surface area contributed by atoms with Gasteiger partial charge in [-0.05, 0) is 7.05 Å². The van der Waals surface area contributed by atoms with Gasteiger partial charge in [0.15, 0.2) is 0 Å². The molecule has 20 heavy (non-hydrogen) atoms. The third-order valence-corrected chi connectivity index (χ3v) is 3.36. The lowest BCUT2D eigenvalue weighted by atomic mass is 10.2. The SMILES string of the molecule is CN1CCOC(c2noc(C(N)c3cnn(C)c3)n2)C1. The third kappa shape index (κ3) is 2.58. The Labute approximate surface area is 116 Å². The summed E-state index contributed by atoms with van der Waals surface area (Å²) in [6.07, 6.45) is 3.37. The minimum absolute atomic E-state index is 0.160. The van der Waals surface area contributed by atoms with Gasteiger partial charge in [0.1, 0.15) is 12.1 Å². The number of nitrogens with two attached hydrogens (primary N) is 1. The van der Waals surface area contributed by atoms with Gasteiger partial charge in [0, 0.05) is 31.9 Å². The van der Waals surface area contributed by atoms with Gasteiger partial charge in [-0.15, -0.1) is 0 Å². The van der Waals surface area contributed by atoms with E-state index in [1.807, 2.05) is 20.3 Å². The Morgan fingerprint density at radius 3 is 3.00 bits per heavy atom. The Balaban J connectivity index is 1.76. The number of aromatic nitrogens is 4. The number of rotatable bonds is 3. The van der Waals surface area contributed by atoms with E-state index in [1.165, 1.54) is 0 Å². The second-order valence-corrected chi connectivity index (χ2v) is 5.04. The molecule has 0 radical (unpaired) electrons. The smallest absolute Gasteiger partial charge is 0.248 e. The molecule has 2 unspecified atom stereocenters. The molecule has 108 valence electrons. The van der Waals surface area contributed by atoms with Crippen LogP contribution < -0.4 is 5.73 Å². The normalized spacial score (nSPS) is 22.1. The molecule has 0 bridgehead atoms. The van der Waals surface area contributed by atoms with Crippen molar-refractivity contribution in [2.45, 2.75) is 12.1 Å². The summed E-state index contributed by atoms with van der Waals surface area (Å²) < 4.78 is 12.6. The lowest BCUT2D eigenvalue weighted by Gasteiger charge is -2.27. The van der Waals surface area contributed by atoms with Crippen LogP contribution in [0.25, 0.3) is 0 Å². The molecule has 1 aliphatic rings. The Kier molecular flexibility index (Phi) is 3.51. The molecule has 1 saturated heterocycles. The third-order valence-electron chi connectivity index (χ3n) is 3.36. The molecular formula is C12H18N6O2. The number of hydrogen-bond acceptors (Lipinski definition) is 7. The van der Waals surface area contributed by atoms with Crippen LogP contribution in [-0.2, 0) is 11.8 Å². The zero-order chi connectivity index (χ0) is 14.1. The van der Waals surface area contributed by atoms with Gasteiger partial charge in [0.05, 0.1) is 12.8 Å². The summed E-state index contributed by atoms with van der Waals surface area (Å²) in [4.78, 5) is 6.53. The molecule has 0 aliphatic carbocycles. The average molecular weight is 278 g/mol. The highest BCUT2D eigenvalue weighted by Crippen LogP contribution is 2.22. The largest absolute Gasteiger partial charge is 0.367 e. The predicted octanol–water partition coefficient (Wildman–Crippen LogP) is -0.146. The fourth-order valence-electron chi connectivity index (χ4n) is 2.18. The van der Waals surface area contributed by atoms with Gasteiger partial charge < -0.3 is 19.9 Å². The van der Waals surface area contributed by atoms with Crippen LogP contribution in [0.2, 0.25) is 0 Å². The van der Waals surface area contributed by atoms with Crippen molar-refractivity contribution >= 4 is 0 Å². The molecule has 3 heterocycles. The second kappa shape index (κ2) is 5.31. The van der Waals surface area contributed by atoms with Crippen molar-refractivity contribution in [3.63, 3.8) is 0 Å². The summed E-state index contributed by atoms with van der Waals surface area (Å²) in [5.74, 6) is 0.927. The van der Waals surface area contributed by atoms with E-state index in [1.54, 1.807) is 10.9 Å². The number of morpholine rings is 1. The molecule has 1 aliphatic heterocycles. The summed E-state index contributed by atoms with van der Waals surface area (Å²) in [6, 6.07) is -0.466. The topological polar surface area (TPSA) is 95.2 Å².